The molecule has 0 aromatic carbocycles. The van der Waals surface area contributed by atoms with Crippen LogP contribution in [0.3, 0.4) is 0 Å². The molecule has 0 saturated heterocycles. The molecule has 0 radical (unpaired) electrons. The first-order valence-corrected chi connectivity index (χ1v) is 5.01. The van der Waals surface area contributed by atoms with Gasteiger partial charge in [0.25, 0.3) is 0 Å². The number of carbonyl (C=O) groups excluding carboxylic acids is 1. The van der Waals surface area contributed by atoms with Crippen molar-refractivity contribution in [1.29, 1.82) is 5.26 Å². The molecule has 0 aromatic heterocycles. The van der Waals surface area contributed by atoms with Crippen LogP contribution in [-0.4, -0.2) is 5.78 Å². The minimum atomic E-state index is -0.258. The molecule has 0 aliphatic rings. The van der Waals surface area contributed by atoms with Crippen LogP contribution in [0.4, 0.5) is 0 Å². The monoisotopic (exact) mass is 181 g/mol. The lowest BCUT2D eigenvalue weighted by Crippen LogP contribution is -2.26. The molecule has 0 bridgehead atoms. The Morgan fingerprint density at radius 3 is 2.46 bits per heavy atom. The maximum atomic E-state index is 11.7. The van der Waals surface area contributed by atoms with E-state index in [1.54, 1.807) is 0 Å². The Morgan fingerprint density at radius 1 is 1.46 bits per heavy atom. The fourth-order valence-corrected chi connectivity index (χ4v) is 1.37. The summed E-state index contributed by atoms with van der Waals surface area (Å²) in [5.74, 6) is 0.313. The van der Waals surface area contributed by atoms with Crippen molar-refractivity contribution in [2.45, 2.75) is 52.9 Å². The topological polar surface area (TPSA) is 40.9 Å². The summed E-state index contributed by atoms with van der Waals surface area (Å²) in [4.78, 5) is 11.7. The van der Waals surface area contributed by atoms with E-state index in [2.05, 4.69) is 6.07 Å². The van der Waals surface area contributed by atoms with Gasteiger partial charge < -0.3 is 0 Å². The molecule has 0 aliphatic heterocycles. The highest BCUT2D eigenvalue weighted by molar-refractivity contribution is 5.84. The van der Waals surface area contributed by atoms with Crippen molar-refractivity contribution in [2.24, 2.45) is 5.41 Å². The zero-order valence-electron chi connectivity index (χ0n) is 8.89. The number of hydrogen-bond donors (Lipinski definition) is 0. The number of Topliss-reactive ketones (excluding diaryl/α,β-unsaturated/α-hetero) is 1. The predicted molar refractivity (Wildman–Crippen MR) is 53.2 cm³/mol. The van der Waals surface area contributed by atoms with E-state index in [0.717, 1.165) is 12.8 Å². The van der Waals surface area contributed by atoms with Crippen molar-refractivity contribution in [1.82, 2.24) is 0 Å². The molecule has 0 rings (SSSR count). The fourth-order valence-electron chi connectivity index (χ4n) is 1.37. The van der Waals surface area contributed by atoms with Crippen LogP contribution >= 0.6 is 0 Å². The molecule has 0 aromatic rings. The van der Waals surface area contributed by atoms with Crippen molar-refractivity contribution in [3.05, 3.63) is 0 Å². The number of carbonyl (C=O) groups is 1. The molecular formula is C11H19NO. The minimum Gasteiger partial charge on any atom is -0.299 e. The molecule has 2 heteroatoms. The van der Waals surface area contributed by atoms with Crippen LogP contribution in [0.1, 0.15) is 52.9 Å². The van der Waals surface area contributed by atoms with Crippen LogP contribution in [0, 0.1) is 16.7 Å². The maximum absolute atomic E-state index is 11.7. The number of rotatable bonds is 6. The second-order valence-electron chi connectivity index (χ2n) is 3.75. The van der Waals surface area contributed by atoms with Crippen molar-refractivity contribution in [3.8, 4) is 6.07 Å². The summed E-state index contributed by atoms with van der Waals surface area (Å²) in [6.45, 7) is 6.01. The first kappa shape index (κ1) is 12.2. The Kier molecular flexibility index (Phi) is 5.37. The maximum Gasteiger partial charge on any atom is 0.138 e. The highest BCUT2D eigenvalue weighted by Crippen LogP contribution is 2.30. The Balaban J connectivity index is 4.26. The van der Waals surface area contributed by atoms with Gasteiger partial charge in [0, 0.05) is 18.3 Å². The quantitative estimate of drug-likeness (QED) is 0.631. The molecule has 13 heavy (non-hydrogen) atoms. The summed E-state index contributed by atoms with van der Waals surface area (Å²) in [6, 6.07) is 2.10. The van der Waals surface area contributed by atoms with E-state index < -0.39 is 0 Å². The van der Waals surface area contributed by atoms with Gasteiger partial charge in [-0.1, -0.05) is 20.8 Å². The van der Waals surface area contributed by atoms with E-state index >= 15 is 0 Å². The molecule has 74 valence electrons. The summed E-state index contributed by atoms with van der Waals surface area (Å²) in [5.41, 5.74) is -0.258. The molecule has 2 nitrogen and oxygen atoms in total. The van der Waals surface area contributed by atoms with Crippen LogP contribution in [-0.2, 0) is 4.79 Å². The van der Waals surface area contributed by atoms with Crippen LogP contribution in [0.15, 0.2) is 0 Å². The van der Waals surface area contributed by atoms with Gasteiger partial charge >= 0.3 is 0 Å². The Morgan fingerprint density at radius 2 is 2.08 bits per heavy atom. The third kappa shape index (κ3) is 3.59. The molecule has 0 spiro atoms. The predicted octanol–water partition coefficient (Wildman–Crippen LogP) is 3.08. The fraction of sp³-hybridized carbons (Fsp3) is 0.818. The summed E-state index contributed by atoms with van der Waals surface area (Å²) >= 11 is 0. The van der Waals surface area contributed by atoms with Crippen LogP contribution in [0.5, 0.6) is 0 Å². The van der Waals surface area contributed by atoms with Gasteiger partial charge in [-0.2, -0.15) is 5.26 Å². The molecule has 0 heterocycles. The third-order valence-electron chi connectivity index (χ3n) is 2.72. The van der Waals surface area contributed by atoms with E-state index in [1.807, 2.05) is 20.8 Å². The molecule has 0 fully saturated rings. The first-order chi connectivity index (χ1) is 6.10. The van der Waals surface area contributed by atoms with Crippen molar-refractivity contribution in [2.75, 3.05) is 0 Å². The molecule has 0 N–H and O–H groups in total. The zero-order valence-corrected chi connectivity index (χ0v) is 8.89. The van der Waals surface area contributed by atoms with Crippen molar-refractivity contribution in [3.63, 3.8) is 0 Å². The van der Waals surface area contributed by atoms with E-state index in [-0.39, 0.29) is 5.41 Å². The number of nitriles is 1. The van der Waals surface area contributed by atoms with E-state index in [1.165, 1.54) is 0 Å². The van der Waals surface area contributed by atoms with Gasteiger partial charge in [-0.25, -0.2) is 0 Å². The average molecular weight is 181 g/mol. The second-order valence-corrected chi connectivity index (χ2v) is 3.75. The lowest BCUT2D eigenvalue weighted by atomic mass is 9.77. The summed E-state index contributed by atoms with van der Waals surface area (Å²) in [7, 11) is 0. The summed E-state index contributed by atoms with van der Waals surface area (Å²) < 4.78 is 0. The minimum absolute atomic E-state index is 0.258. The van der Waals surface area contributed by atoms with Crippen LogP contribution < -0.4 is 0 Å². The molecule has 0 amide bonds. The summed E-state index contributed by atoms with van der Waals surface area (Å²) in [5, 5.41) is 8.48. The highest BCUT2D eigenvalue weighted by atomic mass is 16.1. The Labute approximate surface area is 80.9 Å². The molecular weight excluding hydrogens is 162 g/mol. The zero-order chi connectivity index (χ0) is 10.3. The van der Waals surface area contributed by atoms with E-state index in [9.17, 15) is 4.79 Å². The molecule has 0 saturated carbocycles. The number of hydrogen-bond acceptors (Lipinski definition) is 2. The lowest BCUT2D eigenvalue weighted by molar-refractivity contribution is -0.128. The van der Waals surface area contributed by atoms with Gasteiger partial charge in [0.05, 0.1) is 6.07 Å². The summed E-state index contributed by atoms with van der Waals surface area (Å²) in [6.07, 6.45) is 3.59. The van der Waals surface area contributed by atoms with E-state index in [0.29, 0.717) is 25.0 Å². The smallest absolute Gasteiger partial charge is 0.138 e. The Hall–Kier alpha value is -0.840. The number of ketones is 1. The van der Waals surface area contributed by atoms with Gasteiger partial charge in [0.15, 0.2) is 0 Å². The molecule has 0 aliphatic carbocycles. The standard InChI is InChI=1S/C11H19NO/c1-4-7-10(13)11(3,5-2)8-6-9-12/h4-8H2,1-3H3. The third-order valence-corrected chi connectivity index (χ3v) is 2.72. The van der Waals surface area contributed by atoms with Gasteiger partial charge in [0.2, 0.25) is 0 Å². The highest BCUT2D eigenvalue weighted by Gasteiger charge is 2.29. The largest absolute Gasteiger partial charge is 0.299 e. The van der Waals surface area contributed by atoms with Gasteiger partial charge in [0.1, 0.15) is 5.78 Å². The van der Waals surface area contributed by atoms with Crippen molar-refractivity contribution < 1.29 is 4.79 Å². The van der Waals surface area contributed by atoms with E-state index in [4.69, 9.17) is 5.26 Å². The van der Waals surface area contributed by atoms with Gasteiger partial charge in [-0.3, -0.25) is 4.79 Å². The van der Waals surface area contributed by atoms with Gasteiger partial charge in [-0.05, 0) is 19.3 Å². The lowest BCUT2D eigenvalue weighted by Gasteiger charge is -2.25. The number of nitrogens with zero attached hydrogens (tertiary/aromatic N) is 1. The Bertz CT molecular complexity index is 205. The molecule has 1 unspecified atom stereocenters. The average Bonchev–Trinajstić information content (AvgIpc) is 2.14. The van der Waals surface area contributed by atoms with Gasteiger partial charge in [-0.15, -0.1) is 0 Å². The van der Waals surface area contributed by atoms with Crippen LogP contribution in [0.2, 0.25) is 0 Å². The molecule has 1 atom stereocenters. The normalized spacial score (nSPS) is 14.6. The van der Waals surface area contributed by atoms with Crippen LogP contribution in [0.25, 0.3) is 0 Å². The second kappa shape index (κ2) is 5.75. The van der Waals surface area contributed by atoms with Crippen molar-refractivity contribution >= 4 is 5.78 Å². The first-order valence-electron chi connectivity index (χ1n) is 5.01. The SMILES string of the molecule is CCCC(=O)C(C)(CC)CCC#N.